The van der Waals surface area contributed by atoms with E-state index in [2.05, 4.69) is 10.4 Å². The molecule has 3 heteroatoms. The maximum atomic E-state index is 4.27. The number of aromatic nitrogens is 2. The standard InChI is InChI=1S/C10H15N3/c1-13-10-8(6-11-13)4-5-9(12-10)7-2-3-7/h6-7,9,12H,2-5H2,1H3/t9-/m1/s1. The molecule has 13 heavy (non-hydrogen) atoms. The molecule has 0 amide bonds. The third kappa shape index (κ3) is 1.14. The van der Waals surface area contributed by atoms with E-state index in [1.54, 1.807) is 0 Å². The fourth-order valence-corrected chi connectivity index (χ4v) is 2.26. The zero-order valence-electron chi connectivity index (χ0n) is 7.95. The van der Waals surface area contributed by atoms with E-state index in [-0.39, 0.29) is 0 Å². The molecule has 1 saturated carbocycles. The van der Waals surface area contributed by atoms with Crippen LogP contribution in [0.5, 0.6) is 0 Å². The summed E-state index contributed by atoms with van der Waals surface area (Å²) in [6, 6.07) is 0.725. The Bertz CT molecular complexity index is 325. The SMILES string of the molecule is Cn1ncc2c1N[C@@H](C1CC1)CC2. The summed E-state index contributed by atoms with van der Waals surface area (Å²) in [6.45, 7) is 0. The zero-order chi connectivity index (χ0) is 8.84. The van der Waals surface area contributed by atoms with Crippen molar-refractivity contribution in [1.29, 1.82) is 0 Å². The van der Waals surface area contributed by atoms with E-state index >= 15 is 0 Å². The molecule has 1 fully saturated rings. The van der Waals surface area contributed by atoms with E-state index in [1.807, 2.05) is 17.9 Å². The molecular formula is C10H15N3. The van der Waals surface area contributed by atoms with Crippen LogP contribution in [0.2, 0.25) is 0 Å². The number of aryl methyl sites for hydroxylation is 2. The van der Waals surface area contributed by atoms with Gasteiger partial charge in [0, 0.05) is 18.7 Å². The van der Waals surface area contributed by atoms with Crippen LogP contribution in [0.3, 0.4) is 0 Å². The largest absolute Gasteiger partial charge is 0.367 e. The van der Waals surface area contributed by atoms with Gasteiger partial charge in [-0.05, 0) is 31.6 Å². The Hall–Kier alpha value is -0.990. The van der Waals surface area contributed by atoms with Gasteiger partial charge in [-0.2, -0.15) is 5.10 Å². The lowest BCUT2D eigenvalue weighted by molar-refractivity contribution is 0.561. The van der Waals surface area contributed by atoms with Crippen LogP contribution >= 0.6 is 0 Å². The van der Waals surface area contributed by atoms with E-state index in [1.165, 1.54) is 37.1 Å². The van der Waals surface area contributed by atoms with Gasteiger partial charge in [-0.15, -0.1) is 0 Å². The van der Waals surface area contributed by atoms with Crippen molar-refractivity contribution < 1.29 is 0 Å². The van der Waals surface area contributed by atoms with E-state index in [0.717, 1.165) is 12.0 Å². The first-order valence-electron chi connectivity index (χ1n) is 5.12. The summed E-state index contributed by atoms with van der Waals surface area (Å²) in [4.78, 5) is 0. The lowest BCUT2D eigenvalue weighted by Crippen LogP contribution is -2.28. The maximum Gasteiger partial charge on any atom is 0.127 e. The van der Waals surface area contributed by atoms with Crippen molar-refractivity contribution in [3.05, 3.63) is 11.8 Å². The smallest absolute Gasteiger partial charge is 0.127 e. The minimum atomic E-state index is 0.725. The molecule has 1 N–H and O–H groups in total. The molecule has 2 heterocycles. The van der Waals surface area contributed by atoms with Gasteiger partial charge >= 0.3 is 0 Å². The van der Waals surface area contributed by atoms with Gasteiger partial charge in [0.1, 0.15) is 5.82 Å². The highest BCUT2D eigenvalue weighted by molar-refractivity contribution is 5.47. The molecule has 0 saturated heterocycles. The molecule has 0 spiro atoms. The summed E-state index contributed by atoms with van der Waals surface area (Å²) in [6.07, 6.45) is 7.34. The normalized spacial score (nSPS) is 26.7. The summed E-state index contributed by atoms with van der Waals surface area (Å²) in [5.74, 6) is 2.20. The lowest BCUT2D eigenvalue weighted by atomic mass is 9.99. The Balaban J connectivity index is 1.88. The number of anilines is 1. The molecule has 1 aromatic heterocycles. The molecule has 2 aliphatic rings. The van der Waals surface area contributed by atoms with Crippen molar-refractivity contribution in [3.8, 4) is 0 Å². The van der Waals surface area contributed by atoms with Crippen LogP contribution in [0.15, 0.2) is 6.20 Å². The topological polar surface area (TPSA) is 29.9 Å². The van der Waals surface area contributed by atoms with Gasteiger partial charge in [-0.25, -0.2) is 0 Å². The first-order chi connectivity index (χ1) is 6.34. The van der Waals surface area contributed by atoms with Crippen LogP contribution < -0.4 is 5.32 Å². The molecule has 0 unspecified atom stereocenters. The maximum absolute atomic E-state index is 4.27. The second-order valence-electron chi connectivity index (χ2n) is 4.27. The molecule has 70 valence electrons. The quantitative estimate of drug-likeness (QED) is 0.705. The summed E-state index contributed by atoms with van der Waals surface area (Å²) in [5.41, 5.74) is 1.39. The first-order valence-corrected chi connectivity index (χ1v) is 5.12. The third-order valence-electron chi connectivity index (χ3n) is 3.25. The third-order valence-corrected chi connectivity index (χ3v) is 3.25. The molecule has 3 nitrogen and oxygen atoms in total. The second kappa shape index (κ2) is 2.50. The Labute approximate surface area is 78.1 Å². The summed E-state index contributed by atoms with van der Waals surface area (Å²) in [7, 11) is 2.01. The average molecular weight is 177 g/mol. The van der Waals surface area contributed by atoms with Crippen molar-refractivity contribution in [2.24, 2.45) is 13.0 Å². The molecule has 0 bridgehead atoms. The van der Waals surface area contributed by atoms with Crippen LogP contribution in [0, 0.1) is 5.92 Å². The zero-order valence-corrected chi connectivity index (χ0v) is 7.95. The number of hydrogen-bond acceptors (Lipinski definition) is 2. The van der Waals surface area contributed by atoms with E-state index < -0.39 is 0 Å². The highest BCUT2D eigenvalue weighted by atomic mass is 15.3. The van der Waals surface area contributed by atoms with Crippen LogP contribution in [0.4, 0.5) is 5.82 Å². The van der Waals surface area contributed by atoms with Crippen LogP contribution in [0.25, 0.3) is 0 Å². The van der Waals surface area contributed by atoms with Gasteiger partial charge in [0.05, 0.1) is 6.20 Å². The van der Waals surface area contributed by atoms with Crippen LogP contribution in [-0.2, 0) is 13.5 Å². The molecular weight excluding hydrogens is 162 g/mol. The molecule has 1 aliphatic heterocycles. The molecule has 1 aliphatic carbocycles. The fraction of sp³-hybridized carbons (Fsp3) is 0.700. The predicted octanol–water partition coefficient (Wildman–Crippen LogP) is 1.56. The predicted molar refractivity (Wildman–Crippen MR) is 51.7 cm³/mol. The minimum Gasteiger partial charge on any atom is -0.367 e. The average Bonchev–Trinajstić information content (AvgIpc) is 2.93. The second-order valence-corrected chi connectivity index (χ2v) is 4.27. The van der Waals surface area contributed by atoms with Crippen molar-refractivity contribution in [3.63, 3.8) is 0 Å². The van der Waals surface area contributed by atoms with Crippen molar-refractivity contribution in [2.45, 2.75) is 31.7 Å². The number of fused-ring (bicyclic) bond motifs is 1. The minimum absolute atomic E-state index is 0.725. The Morgan fingerprint density at radius 3 is 3.08 bits per heavy atom. The van der Waals surface area contributed by atoms with Gasteiger partial charge in [-0.3, -0.25) is 4.68 Å². The molecule has 3 rings (SSSR count). The number of nitrogens with zero attached hydrogens (tertiary/aromatic N) is 2. The van der Waals surface area contributed by atoms with Gasteiger partial charge in [0.15, 0.2) is 0 Å². The summed E-state index contributed by atoms with van der Waals surface area (Å²) < 4.78 is 1.96. The highest BCUT2D eigenvalue weighted by Gasteiger charge is 2.34. The van der Waals surface area contributed by atoms with Crippen molar-refractivity contribution >= 4 is 5.82 Å². The summed E-state index contributed by atoms with van der Waals surface area (Å²) >= 11 is 0. The van der Waals surface area contributed by atoms with Crippen LogP contribution in [-0.4, -0.2) is 15.8 Å². The molecule has 0 aromatic carbocycles. The van der Waals surface area contributed by atoms with E-state index in [9.17, 15) is 0 Å². The van der Waals surface area contributed by atoms with Gasteiger partial charge < -0.3 is 5.32 Å². The fourth-order valence-electron chi connectivity index (χ4n) is 2.26. The number of rotatable bonds is 1. The van der Waals surface area contributed by atoms with Gasteiger partial charge in [0.2, 0.25) is 0 Å². The van der Waals surface area contributed by atoms with Gasteiger partial charge in [-0.1, -0.05) is 0 Å². The van der Waals surface area contributed by atoms with Crippen molar-refractivity contribution in [1.82, 2.24) is 9.78 Å². The monoisotopic (exact) mass is 177 g/mol. The molecule has 1 aromatic rings. The molecule has 1 atom stereocenters. The van der Waals surface area contributed by atoms with E-state index in [0.29, 0.717) is 0 Å². The number of hydrogen-bond donors (Lipinski definition) is 1. The molecule has 0 radical (unpaired) electrons. The number of nitrogens with one attached hydrogen (secondary N) is 1. The summed E-state index contributed by atoms with van der Waals surface area (Å²) in [5, 5.41) is 7.87. The van der Waals surface area contributed by atoms with E-state index in [4.69, 9.17) is 0 Å². The Morgan fingerprint density at radius 1 is 1.46 bits per heavy atom. The van der Waals surface area contributed by atoms with Crippen molar-refractivity contribution in [2.75, 3.05) is 5.32 Å². The first kappa shape index (κ1) is 7.42. The Kier molecular flexibility index (Phi) is 1.43. The van der Waals surface area contributed by atoms with Gasteiger partial charge in [0.25, 0.3) is 0 Å². The highest BCUT2D eigenvalue weighted by Crippen LogP contribution is 2.38. The lowest BCUT2D eigenvalue weighted by Gasteiger charge is -2.24. The van der Waals surface area contributed by atoms with Crippen LogP contribution in [0.1, 0.15) is 24.8 Å². The Morgan fingerprint density at radius 2 is 2.31 bits per heavy atom.